The zero-order chi connectivity index (χ0) is 14.4. The van der Waals surface area contributed by atoms with Gasteiger partial charge in [0.15, 0.2) is 0 Å². The third-order valence-electron chi connectivity index (χ3n) is 3.73. The van der Waals surface area contributed by atoms with Gasteiger partial charge in [-0.25, -0.2) is 0 Å². The van der Waals surface area contributed by atoms with Crippen LogP contribution in [-0.2, 0) is 6.54 Å². The summed E-state index contributed by atoms with van der Waals surface area (Å²) in [6.07, 6.45) is 1.02. The molecule has 0 heterocycles. The van der Waals surface area contributed by atoms with Gasteiger partial charge in [-0.15, -0.1) is 0 Å². The van der Waals surface area contributed by atoms with Crippen molar-refractivity contribution in [1.82, 2.24) is 4.90 Å². The van der Waals surface area contributed by atoms with Crippen molar-refractivity contribution >= 4 is 0 Å². The van der Waals surface area contributed by atoms with Crippen LogP contribution >= 0.6 is 0 Å². The first kappa shape index (κ1) is 16.0. The van der Waals surface area contributed by atoms with E-state index < -0.39 is 0 Å². The zero-order valence-electron chi connectivity index (χ0n) is 12.9. The van der Waals surface area contributed by atoms with Crippen LogP contribution in [0.15, 0.2) is 18.2 Å². The molecule has 0 aliphatic carbocycles. The van der Waals surface area contributed by atoms with E-state index in [1.54, 1.807) is 7.11 Å². The van der Waals surface area contributed by atoms with Gasteiger partial charge in [-0.2, -0.15) is 0 Å². The Labute approximate surface area is 117 Å². The fourth-order valence-electron chi connectivity index (χ4n) is 2.17. The maximum atomic E-state index is 5.63. The molecule has 2 N–H and O–H groups in total. The Morgan fingerprint density at radius 3 is 2.47 bits per heavy atom. The largest absolute Gasteiger partial charge is 0.496 e. The summed E-state index contributed by atoms with van der Waals surface area (Å²) in [5.41, 5.74) is 8.24. The third kappa shape index (κ3) is 4.51. The summed E-state index contributed by atoms with van der Waals surface area (Å²) in [5.74, 6) is 1.51. The van der Waals surface area contributed by atoms with Crippen molar-refractivity contribution < 1.29 is 4.74 Å². The van der Waals surface area contributed by atoms with E-state index in [4.69, 9.17) is 10.5 Å². The van der Waals surface area contributed by atoms with E-state index in [1.807, 2.05) is 0 Å². The van der Waals surface area contributed by atoms with E-state index in [9.17, 15) is 0 Å². The van der Waals surface area contributed by atoms with Crippen molar-refractivity contribution in [3.63, 3.8) is 0 Å². The van der Waals surface area contributed by atoms with E-state index in [0.29, 0.717) is 12.0 Å². The molecule has 1 aromatic carbocycles. The van der Waals surface area contributed by atoms with E-state index in [-0.39, 0.29) is 0 Å². The predicted molar refractivity (Wildman–Crippen MR) is 81.7 cm³/mol. The Kier molecular flexibility index (Phi) is 6.32. The average Bonchev–Trinajstić information content (AvgIpc) is 2.38. The van der Waals surface area contributed by atoms with Crippen LogP contribution < -0.4 is 10.5 Å². The quantitative estimate of drug-likeness (QED) is 0.823. The van der Waals surface area contributed by atoms with Crippen molar-refractivity contribution in [3.8, 4) is 5.75 Å². The summed E-state index contributed by atoms with van der Waals surface area (Å²) in [7, 11) is 3.87. The predicted octanol–water partition coefficient (Wildman–Crippen LogP) is 2.99. The summed E-state index contributed by atoms with van der Waals surface area (Å²) < 4.78 is 5.47. The Morgan fingerprint density at radius 2 is 1.95 bits per heavy atom. The van der Waals surface area contributed by atoms with E-state index >= 15 is 0 Å². The topological polar surface area (TPSA) is 38.5 Å². The highest BCUT2D eigenvalue weighted by Crippen LogP contribution is 2.25. The molecule has 0 saturated carbocycles. The number of hydrogen-bond acceptors (Lipinski definition) is 3. The van der Waals surface area contributed by atoms with Gasteiger partial charge in [-0.1, -0.05) is 26.0 Å². The van der Waals surface area contributed by atoms with Gasteiger partial charge in [-0.05, 0) is 44.5 Å². The first-order valence-corrected chi connectivity index (χ1v) is 7.06. The number of nitrogens with two attached hydrogens (primary N) is 1. The molecule has 0 aliphatic heterocycles. The van der Waals surface area contributed by atoms with Gasteiger partial charge in [0.2, 0.25) is 0 Å². The molecule has 0 fully saturated rings. The monoisotopic (exact) mass is 264 g/mol. The molecule has 19 heavy (non-hydrogen) atoms. The van der Waals surface area contributed by atoms with Gasteiger partial charge in [0, 0.05) is 18.2 Å². The molecule has 0 bridgehead atoms. The lowest BCUT2D eigenvalue weighted by atomic mass is 9.99. The highest BCUT2D eigenvalue weighted by atomic mass is 16.5. The Morgan fingerprint density at radius 1 is 1.26 bits per heavy atom. The third-order valence-corrected chi connectivity index (χ3v) is 3.73. The maximum absolute atomic E-state index is 5.63. The molecule has 0 aromatic heterocycles. The molecule has 108 valence electrons. The first-order valence-electron chi connectivity index (χ1n) is 7.06. The fraction of sp³-hybridized carbons (Fsp3) is 0.625. The lowest BCUT2D eigenvalue weighted by Crippen LogP contribution is -2.30. The number of benzene rings is 1. The minimum atomic E-state index is 0.484. The van der Waals surface area contributed by atoms with Crippen LogP contribution in [0.5, 0.6) is 5.75 Å². The molecule has 3 heteroatoms. The summed E-state index contributed by atoms with van der Waals surface area (Å²) in [4.78, 5) is 2.33. The van der Waals surface area contributed by atoms with Crippen LogP contribution in [0.4, 0.5) is 0 Å². The number of nitrogens with zero attached hydrogens (tertiary/aromatic N) is 1. The SMILES string of the molecule is COc1ccc(C(C)C)cc1CN(C)C(C)CCN. The second-order valence-corrected chi connectivity index (χ2v) is 5.57. The van der Waals surface area contributed by atoms with Crippen molar-refractivity contribution in [2.24, 2.45) is 5.73 Å². The standard InChI is InChI=1S/C16H28N2O/c1-12(2)14-6-7-16(19-5)15(10-14)11-18(4)13(3)8-9-17/h6-7,10,12-13H,8-9,11,17H2,1-5H3. The maximum Gasteiger partial charge on any atom is 0.123 e. The molecule has 1 atom stereocenters. The summed E-state index contributed by atoms with van der Waals surface area (Å²) in [5, 5.41) is 0. The molecule has 1 aromatic rings. The molecule has 1 rings (SSSR count). The number of rotatable bonds is 7. The molecule has 0 radical (unpaired) electrons. The van der Waals surface area contributed by atoms with Crippen LogP contribution in [0.3, 0.4) is 0 Å². The molecular weight excluding hydrogens is 236 g/mol. The van der Waals surface area contributed by atoms with Crippen LogP contribution in [0.2, 0.25) is 0 Å². The van der Waals surface area contributed by atoms with Crippen LogP contribution in [-0.4, -0.2) is 31.6 Å². The van der Waals surface area contributed by atoms with E-state index in [2.05, 4.69) is 50.9 Å². The van der Waals surface area contributed by atoms with Gasteiger partial charge in [-0.3, -0.25) is 4.90 Å². The van der Waals surface area contributed by atoms with Crippen molar-refractivity contribution in [2.75, 3.05) is 20.7 Å². The lowest BCUT2D eigenvalue weighted by molar-refractivity contribution is 0.237. The van der Waals surface area contributed by atoms with E-state index in [1.165, 1.54) is 11.1 Å². The zero-order valence-corrected chi connectivity index (χ0v) is 12.9. The molecule has 3 nitrogen and oxygen atoms in total. The first-order chi connectivity index (χ1) is 8.99. The Balaban J connectivity index is 2.88. The second kappa shape index (κ2) is 7.51. The summed E-state index contributed by atoms with van der Waals surface area (Å²) in [6.45, 7) is 8.27. The molecule has 0 amide bonds. The number of hydrogen-bond donors (Lipinski definition) is 1. The van der Waals surface area contributed by atoms with Crippen LogP contribution in [0.25, 0.3) is 0 Å². The van der Waals surface area contributed by atoms with Crippen molar-refractivity contribution in [2.45, 2.75) is 45.7 Å². The summed E-state index contributed by atoms with van der Waals surface area (Å²) in [6, 6.07) is 6.97. The highest BCUT2D eigenvalue weighted by Gasteiger charge is 2.13. The van der Waals surface area contributed by atoms with Gasteiger partial charge >= 0.3 is 0 Å². The van der Waals surface area contributed by atoms with Crippen molar-refractivity contribution in [3.05, 3.63) is 29.3 Å². The highest BCUT2D eigenvalue weighted by molar-refractivity contribution is 5.38. The van der Waals surface area contributed by atoms with Crippen molar-refractivity contribution in [1.29, 1.82) is 0 Å². The minimum Gasteiger partial charge on any atom is -0.496 e. The van der Waals surface area contributed by atoms with Gasteiger partial charge < -0.3 is 10.5 Å². The van der Waals surface area contributed by atoms with Gasteiger partial charge in [0.1, 0.15) is 5.75 Å². The number of ether oxygens (including phenoxy) is 1. The normalized spacial score (nSPS) is 13.1. The Bertz CT molecular complexity index is 390. The number of methoxy groups -OCH3 is 1. The van der Waals surface area contributed by atoms with Gasteiger partial charge in [0.25, 0.3) is 0 Å². The minimum absolute atomic E-state index is 0.484. The summed E-state index contributed by atoms with van der Waals surface area (Å²) >= 11 is 0. The van der Waals surface area contributed by atoms with E-state index in [0.717, 1.165) is 25.3 Å². The molecular formula is C16H28N2O. The molecule has 0 spiro atoms. The molecule has 0 aliphatic rings. The van der Waals surface area contributed by atoms with Crippen LogP contribution in [0.1, 0.15) is 44.2 Å². The van der Waals surface area contributed by atoms with Gasteiger partial charge in [0.05, 0.1) is 7.11 Å². The molecule has 0 saturated heterocycles. The molecule has 1 unspecified atom stereocenters. The lowest BCUT2D eigenvalue weighted by Gasteiger charge is -2.25. The Hall–Kier alpha value is -1.06. The average molecular weight is 264 g/mol. The fourth-order valence-corrected chi connectivity index (χ4v) is 2.17. The smallest absolute Gasteiger partial charge is 0.123 e. The second-order valence-electron chi connectivity index (χ2n) is 5.57. The van der Waals surface area contributed by atoms with Crippen LogP contribution in [0, 0.1) is 0 Å².